The lowest BCUT2D eigenvalue weighted by atomic mass is 9.98. The maximum atomic E-state index is 5.96. The molecule has 142 valence electrons. The van der Waals surface area contributed by atoms with Crippen molar-refractivity contribution in [2.24, 2.45) is 0 Å². The second-order valence-electron chi connectivity index (χ2n) is 6.98. The Balaban J connectivity index is 1.41. The fraction of sp³-hybridized carbons (Fsp3) is 0.316. The largest absolute Gasteiger partial charge is 0.356 e. The van der Waals surface area contributed by atoms with E-state index in [0.717, 1.165) is 43.0 Å². The molecule has 4 heterocycles. The van der Waals surface area contributed by atoms with Crippen LogP contribution in [0.4, 0.5) is 5.82 Å². The molecule has 5 rings (SSSR count). The molecule has 0 bridgehead atoms. The SMILES string of the molecule is Cc1cc(N2CCCC(c3nc(-c4ccc(Cl)cc4)no3)C2)n2ncnc2n1. The van der Waals surface area contributed by atoms with Crippen molar-refractivity contribution in [1.82, 2.24) is 29.7 Å². The van der Waals surface area contributed by atoms with Gasteiger partial charge in [-0.2, -0.15) is 19.6 Å². The zero-order valence-electron chi connectivity index (χ0n) is 15.3. The minimum atomic E-state index is 0.161. The molecule has 3 aromatic heterocycles. The van der Waals surface area contributed by atoms with Gasteiger partial charge in [-0.1, -0.05) is 16.8 Å². The monoisotopic (exact) mass is 395 g/mol. The van der Waals surface area contributed by atoms with Crippen LogP contribution in [0.25, 0.3) is 17.2 Å². The van der Waals surface area contributed by atoms with Crippen molar-refractivity contribution in [1.29, 1.82) is 0 Å². The summed E-state index contributed by atoms with van der Waals surface area (Å²) in [5.74, 6) is 3.01. The van der Waals surface area contributed by atoms with Crippen LogP contribution in [0.2, 0.25) is 5.02 Å². The zero-order chi connectivity index (χ0) is 19.1. The molecule has 1 aliphatic heterocycles. The van der Waals surface area contributed by atoms with E-state index < -0.39 is 0 Å². The molecule has 1 aromatic carbocycles. The third-order valence-electron chi connectivity index (χ3n) is 5.00. The minimum absolute atomic E-state index is 0.161. The predicted molar refractivity (Wildman–Crippen MR) is 104 cm³/mol. The third-order valence-corrected chi connectivity index (χ3v) is 5.25. The van der Waals surface area contributed by atoms with Gasteiger partial charge < -0.3 is 9.42 Å². The summed E-state index contributed by atoms with van der Waals surface area (Å²) in [5, 5.41) is 9.17. The quantitative estimate of drug-likeness (QED) is 0.524. The Morgan fingerprint density at radius 3 is 2.89 bits per heavy atom. The molecule has 0 aliphatic carbocycles. The normalized spacial score (nSPS) is 17.4. The van der Waals surface area contributed by atoms with Crippen molar-refractivity contribution in [3.05, 3.63) is 53.3 Å². The molecule has 1 atom stereocenters. The van der Waals surface area contributed by atoms with Gasteiger partial charge >= 0.3 is 0 Å². The molecule has 0 radical (unpaired) electrons. The van der Waals surface area contributed by atoms with Crippen molar-refractivity contribution in [3.8, 4) is 11.4 Å². The first kappa shape index (κ1) is 17.1. The fourth-order valence-corrected chi connectivity index (χ4v) is 3.77. The van der Waals surface area contributed by atoms with E-state index in [2.05, 4.69) is 30.1 Å². The highest BCUT2D eigenvalue weighted by molar-refractivity contribution is 6.30. The van der Waals surface area contributed by atoms with Crippen LogP contribution in [0.3, 0.4) is 0 Å². The number of aromatic nitrogens is 6. The predicted octanol–water partition coefficient (Wildman–Crippen LogP) is 3.52. The Morgan fingerprint density at radius 2 is 2.04 bits per heavy atom. The lowest BCUT2D eigenvalue weighted by Gasteiger charge is -2.32. The van der Waals surface area contributed by atoms with E-state index >= 15 is 0 Å². The first-order valence-corrected chi connectivity index (χ1v) is 9.57. The summed E-state index contributed by atoms with van der Waals surface area (Å²) in [6.07, 6.45) is 3.56. The first-order chi connectivity index (χ1) is 13.7. The summed E-state index contributed by atoms with van der Waals surface area (Å²) >= 11 is 5.96. The second kappa shape index (κ2) is 6.87. The smallest absolute Gasteiger partial charge is 0.254 e. The van der Waals surface area contributed by atoms with Gasteiger partial charge in [0.1, 0.15) is 12.1 Å². The molecule has 0 spiro atoms. The topological polar surface area (TPSA) is 85.2 Å². The van der Waals surface area contributed by atoms with Gasteiger partial charge in [0, 0.05) is 35.4 Å². The van der Waals surface area contributed by atoms with Crippen molar-refractivity contribution < 1.29 is 4.52 Å². The molecule has 0 amide bonds. The number of halogens is 1. The minimum Gasteiger partial charge on any atom is -0.356 e. The molecule has 1 saturated heterocycles. The number of aryl methyl sites for hydroxylation is 1. The molecule has 1 aliphatic rings. The van der Waals surface area contributed by atoms with Crippen LogP contribution in [0.1, 0.15) is 30.3 Å². The van der Waals surface area contributed by atoms with Crippen molar-refractivity contribution in [2.45, 2.75) is 25.7 Å². The van der Waals surface area contributed by atoms with E-state index in [4.69, 9.17) is 16.1 Å². The maximum Gasteiger partial charge on any atom is 0.254 e. The number of anilines is 1. The summed E-state index contributed by atoms with van der Waals surface area (Å²) in [6.45, 7) is 3.68. The van der Waals surface area contributed by atoms with E-state index in [9.17, 15) is 0 Å². The van der Waals surface area contributed by atoms with Gasteiger partial charge in [-0.05, 0) is 44.0 Å². The van der Waals surface area contributed by atoms with Crippen LogP contribution in [0.15, 0.2) is 41.2 Å². The standard InChI is InChI=1S/C19H18ClN7O/c1-12-9-16(27-19(23-12)21-11-22-27)26-8-2-3-14(10-26)18-24-17(25-28-18)13-4-6-15(20)7-5-13/h4-7,9,11,14H,2-3,8,10H2,1H3. The van der Waals surface area contributed by atoms with E-state index in [1.165, 1.54) is 6.33 Å². The van der Waals surface area contributed by atoms with Crippen LogP contribution in [-0.2, 0) is 0 Å². The highest BCUT2D eigenvalue weighted by atomic mass is 35.5. The molecule has 0 N–H and O–H groups in total. The van der Waals surface area contributed by atoms with Crippen molar-refractivity contribution >= 4 is 23.2 Å². The van der Waals surface area contributed by atoms with Gasteiger partial charge in [-0.15, -0.1) is 0 Å². The summed E-state index contributed by atoms with van der Waals surface area (Å²) in [4.78, 5) is 15.6. The van der Waals surface area contributed by atoms with Gasteiger partial charge in [-0.25, -0.2) is 4.98 Å². The molecule has 8 nitrogen and oxygen atoms in total. The van der Waals surface area contributed by atoms with Gasteiger partial charge in [-0.3, -0.25) is 0 Å². The lowest BCUT2D eigenvalue weighted by Crippen LogP contribution is -2.36. The highest BCUT2D eigenvalue weighted by Crippen LogP contribution is 2.30. The summed E-state index contributed by atoms with van der Waals surface area (Å²) in [5.41, 5.74) is 1.81. The summed E-state index contributed by atoms with van der Waals surface area (Å²) in [7, 11) is 0. The van der Waals surface area contributed by atoms with Crippen LogP contribution in [0.5, 0.6) is 0 Å². The van der Waals surface area contributed by atoms with Gasteiger partial charge in [0.05, 0.1) is 5.92 Å². The van der Waals surface area contributed by atoms with E-state index in [-0.39, 0.29) is 5.92 Å². The molecular formula is C19H18ClN7O. The zero-order valence-corrected chi connectivity index (χ0v) is 16.0. The Kier molecular flexibility index (Phi) is 4.20. The summed E-state index contributed by atoms with van der Waals surface area (Å²) < 4.78 is 7.38. The number of hydrogen-bond acceptors (Lipinski definition) is 7. The Morgan fingerprint density at radius 1 is 1.18 bits per heavy atom. The number of benzene rings is 1. The lowest BCUT2D eigenvalue weighted by molar-refractivity contribution is 0.333. The van der Waals surface area contributed by atoms with Crippen LogP contribution in [0, 0.1) is 6.92 Å². The van der Waals surface area contributed by atoms with Crippen molar-refractivity contribution in [2.75, 3.05) is 18.0 Å². The molecule has 4 aromatic rings. The van der Waals surface area contributed by atoms with Crippen molar-refractivity contribution in [3.63, 3.8) is 0 Å². The van der Waals surface area contributed by atoms with E-state index in [1.54, 1.807) is 4.52 Å². The highest BCUT2D eigenvalue weighted by Gasteiger charge is 2.28. The van der Waals surface area contributed by atoms with E-state index in [0.29, 0.717) is 22.5 Å². The summed E-state index contributed by atoms with van der Waals surface area (Å²) in [6, 6.07) is 9.47. The Hall–Kier alpha value is -3.00. The van der Waals surface area contributed by atoms with Gasteiger partial charge in [0.25, 0.3) is 5.78 Å². The maximum absolute atomic E-state index is 5.96. The first-order valence-electron chi connectivity index (χ1n) is 9.19. The molecule has 1 unspecified atom stereocenters. The average Bonchev–Trinajstić information content (AvgIpc) is 3.37. The number of hydrogen-bond donors (Lipinski definition) is 0. The molecule has 28 heavy (non-hydrogen) atoms. The third kappa shape index (κ3) is 3.09. The number of rotatable bonds is 3. The Labute approximate surface area is 166 Å². The molecule has 9 heteroatoms. The van der Waals surface area contributed by atoms with Gasteiger partial charge in [0.2, 0.25) is 11.7 Å². The molecule has 1 fully saturated rings. The van der Waals surface area contributed by atoms with Crippen LogP contribution < -0.4 is 4.90 Å². The van der Waals surface area contributed by atoms with Crippen LogP contribution >= 0.6 is 11.6 Å². The molecular weight excluding hydrogens is 378 g/mol. The Bertz CT molecular complexity index is 1120. The number of piperidine rings is 1. The van der Waals surface area contributed by atoms with E-state index in [1.807, 2.05) is 37.3 Å². The average molecular weight is 396 g/mol. The molecule has 0 saturated carbocycles. The van der Waals surface area contributed by atoms with Crippen LogP contribution in [-0.4, -0.2) is 42.8 Å². The van der Waals surface area contributed by atoms with Gasteiger partial charge in [0.15, 0.2) is 0 Å². The number of fused-ring (bicyclic) bond motifs is 1. The fourth-order valence-electron chi connectivity index (χ4n) is 3.64. The number of nitrogens with zero attached hydrogens (tertiary/aromatic N) is 7. The second-order valence-corrected chi connectivity index (χ2v) is 7.41.